The Bertz CT molecular complexity index is 610. The lowest BCUT2D eigenvalue weighted by Crippen LogP contribution is -2.50. The molecule has 1 aliphatic carbocycles. The molecule has 0 N–H and O–H groups in total. The molecule has 1 aliphatic rings. The monoisotopic (exact) mass is 326 g/mol. The van der Waals surface area contributed by atoms with Crippen LogP contribution in [0.4, 0.5) is 0 Å². The van der Waals surface area contributed by atoms with Gasteiger partial charge in [0.05, 0.1) is 0 Å². The van der Waals surface area contributed by atoms with Crippen LogP contribution in [0.2, 0.25) is 12.6 Å². The van der Waals surface area contributed by atoms with E-state index >= 15 is 0 Å². The third-order valence-corrected chi connectivity index (χ3v) is 10.4. The second-order valence-corrected chi connectivity index (χ2v) is 12.1. The quantitative estimate of drug-likeness (QED) is 0.550. The van der Waals surface area contributed by atoms with Gasteiger partial charge in [-0.1, -0.05) is 86.3 Å². The number of hydrogen-bond donors (Lipinski definition) is 0. The summed E-state index contributed by atoms with van der Waals surface area (Å²) in [6.07, 6.45) is 8.81. The fourth-order valence-corrected chi connectivity index (χ4v) is 9.93. The fraction of sp³-hybridized carbons (Fsp3) is 0.545. The van der Waals surface area contributed by atoms with E-state index in [1.807, 2.05) is 0 Å². The Morgan fingerprint density at radius 3 is 2.17 bits per heavy atom. The summed E-state index contributed by atoms with van der Waals surface area (Å²) in [5.74, 6) is 0.642. The Labute approximate surface area is 144 Å². The first-order valence-electron chi connectivity index (χ1n) is 9.30. The lowest BCUT2D eigenvalue weighted by atomic mass is 10.1. The number of hydrogen-bond acceptors (Lipinski definition) is 0. The predicted octanol–water partition coefficient (Wildman–Crippen LogP) is 6.15. The Morgan fingerprint density at radius 2 is 1.65 bits per heavy atom. The zero-order valence-electron chi connectivity index (χ0n) is 16.2. The molecule has 0 amide bonds. The number of aryl methyl sites for hydroxylation is 3. The molecule has 126 valence electrons. The highest BCUT2D eigenvalue weighted by molar-refractivity contribution is 6.98. The van der Waals surface area contributed by atoms with Gasteiger partial charge in [0.15, 0.2) is 0 Å². The molecular formula is C22H34Si. The maximum atomic E-state index is 2.63. The van der Waals surface area contributed by atoms with E-state index in [-0.39, 0.29) is 0 Å². The lowest BCUT2D eigenvalue weighted by Gasteiger charge is -2.35. The highest BCUT2D eigenvalue weighted by Crippen LogP contribution is 2.37. The second-order valence-electron chi connectivity index (χ2n) is 7.88. The van der Waals surface area contributed by atoms with Crippen molar-refractivity contribution in [2.45, 2.75) is 73.4 Å². The van der Waals surface area contributed by atoms with Crippen molar-refractivity contribution in [2.75, 3.05) is 0 Å². The van der Waals surface area contributed by atoms with Gasteiger partial charge in [0.1, 0.15) is 8.07 Å². The highest BCUT2D eigenvalue weighted by atomic mass is 28.3. The summed E-state index contributed by atoms with van der Waals surface area (Å²) >= 11 is 0. The first-order valence-corrected chi connectivity index (χ1v) is 12.0. The second kappa shape index (κ2) is 7.21. The van der Waals surface area contributed by atoms with Crippen molar-refractivity contribution in [3.05, 3.63) is 51.7 Å². The lowest BCUT2D eigenvalue weighted by molar-refractivity contribution is 0.785. The molecule has 1 aromatic carbocycles. The van der Waals surface area contributed by atoms with Crippen molar-refractivity contribution >= 4 is 13.3 Å². The Hall–Kier alpha value is -1.08. The summed E-state index contributed by atoms with van der Waals surface area (Å²) in [5.41, 5.74) is 6.07. The normalized spacial score (nSPS) is 17.2. The van der Waals surface area contributed by atoms with Crippen molar-refractivity contribution in [3.63, 3.8) is 0 Å². The van der Waals surface area contributed by atoms with Gasteiger partial charge in [-0.3, -0.25) is 0 Å². The van der Waals surface area contributed by atoms with Gasteiger partial charge in [-0.05, 0) is 49.9 Å². The van der Waals surface area contributed by atoms with Crippen LogP contribution in [0.15, 0.2) is 35.1 Å². The third kappa shape index (κ3) is 3.55. The molecule has 0 aliphatic heterocycles. The summed E-state index contributed by atoms with van der Waals surface area (Å²) in [4.78, 5) is 0. The topological polar surface area (TPSA) is 0 Å². The van der Waals surface area contributed by atoms with Crippen molar-refractivity contribution in [3.8, 4) is 0 Å². The number of benzene rings is 1. The SMILES string of the molecule is CCCC[Si](C)(C1=CCC=C1C(C)C)c1c(C)cc(C)cc1C. The molecule has 0 bridgehead atoms. The molecule has 0 fully saturated rings. The molecule has 0 spiro atoms. The van der Waals surface area contributed by atoms with E-state index in [0.717, 1.165) is 6.42 Å². The molecule has 0 saturated heterocycles. The van der Waals surface area contributed by atoms with E-state index in [2.05, 4.69) is 72.4 Å². The van der Waals surface area contributed by atoms with Gasteiger partial charge in [0.2, 0.25) is 0 Å². The van der Waals surface area contributed by atoms with E-state index in [0.29, 0.717) is 5.92 Å². The Balaban J connectivity index is 2.60. The summed E-state index contributed by atoms with van der Waals surface area (Å²) in [6, 6.07) is 6.17. The van der Waals surface area contributed by atoms with Gasteiger partial charge in [-0.15, -0.1) is 0 Å². The van der Waals surface area contributed by atoms with Crippen molar-refractivity contribution in [1.82, 2.24) is 0 Å². The molecule has 2 rings (SSSR count). The van der Waals surface area contributed by atoms with Crippen LogP contribution in [-0.2, 0) is 0 Å². The maximum Gasteiger partial charge on any atom is 0.115 e. The predicted molar refractivity (Wildman–Crippen MR) is 107 cm³/mol. The van der Waals surface area contributed by atoms with Gasteiger partial charge >= 0.3 is 0 Å². The third-order valence-electron chi connectivity index (χ3n) is 5.45. The van der Waals surface area contributed by atoms with Gasteiger partial charge in [0.25, 0.3) is 0 Å². The molecule has 1 unspecified atom stereocenters. The summed E-state index contributed by atoms with van der Waals surface area (Å²) in [7, 11) is -1.66. The van der Waals surface area contributed by atoms with E-state index in [4.69, 9.17) is 0 Å². The van der Waals surface area contributed by atoms with Crippen LogP contribution in [0.1, 0.15) is 56.7 Å². The fourth-order valence-electron chi connectivity index (χ4n) is 4.60. The van der Waals surface area contributed by atoms with Gasteiger partial charge in [0, 0.05) is 0 Å². The van der Waals surface area contributed by atoms with E-state index in [1.54, 1.807) is 16.0 Å². The van der Waals surface area contributed by atoms with Crippen molar-refractivity contribution < 1.29 is 0 Å². The standard InChI is InChI=1S/C22H34Si/c1-8-9-13-23(7,21-12-10-11-20(21)16(2)3)22-18(5)14-17(4)15-19(22)6/h11-12,14-16H,8-10,13H2,1-7H3. The molecule has 1 atom stereocenters. The minimum atomic E-state index is -1.66. The molecular weight excluding hydrogens is 292 g/mol. The van der Waals surface area contributed by atoms with Gasteiger partial charge < -0.3 is 0 Å². The van der Waals surface area contributed by atoms with Crippen LogP contribution in [0.25, 0.3) is 0 Å². The van der Waals surface area contributed by atoms with E-state index in [1.165, 1.54) is 35.6 Å². The number of rotatable bonds is 6. The average molecular weight is 327 g/mol. The largest absolute Gasteiger partial charge is 0.115 e. The minimum Gasteiger partial charge on any atom is -0.0808 e. The van der Waals surface area contributed by atoms with E-state index < -0.39 is 8.07 Å². The Morgan fingerprint density at radius 1 is 1.04 bits per heavy atom. The summed E-state index contributed by atoms with van der Waals surface area (Å²) in [6.45, 7) is 16.6. The van der Waals surface area contributed by atoms with Crippen LogP contribution < -0.4 is 5.19 Å². The summed E-state index contributed by atoms with van der Waals surface area (Å²) < 4.78 is 0. The van der Waals surface area contributed by atoms with Crippen LogP contribution in [0.5, 0.6) is 0 Å². The molecule has 1 aromatic rings. The molecule has 0 radical (unpaired) electrons. The van der Waals surface area contributed by atoms with Crippen LogP contribution in [0, 0.1) is 26.7 Å². The Kier molecular flexibility index (Phi) is 5.73. The van der Waals surface area contributed by atoms with Crippen LogP contribution in [-0.4, -0.2) is 8.07 Å². The van der Waals surface area contributed by atoms with Crippen molar-refractivity contribution in [1.29, 1.82) is 0 Å². The number of allylic oxidation sites excluding steroid dienone is 4. The number of unbranched alkanes of at least 4 members (excludes halogenated alkanes) is 1. The van der Waals surface area contributed by atoms with Gasteiger partial charge in [-0.25, -0.2) is 0 Å². The first-order chi connectivity index (χ1) is 10.8. The minimum absolute atomic E-state index is 0.642. The average Bonchev–Trinajstić information content (AvgIpc) is 2.94. The van der Waals surface area contributed by atoms with Crippen molar-refractivity contribution in [2.24, 2.45) is 5.92 Å². The summed E-state index contributed by atoms with van der Waals surface area (Å²) in [5, 5.41) is 3.44. The molecule has 0 aromatic heterocycles. The molecule has 0 heterocycles. The smallest absolute Gasteiger partial charge is 0.0808 e. The van der Waals surface area contributed by atoms with Crippen LogP contribution in [0.3, 0.4) is 0 Å². The molecule has 0 saturated carbocycles. The van der Waals surface area contributed by atoms with E-state index in [9.17, 15) is 0 Å². The molecule has 1 heteroatoms. The maximum absolute atomic E-state index is 2.63. The van der Waals surface area contributed by atoms with Crippen LogP contribution >= 0.6 is 0 Å². The van der Waals surface area contributed by atoms with Gasteiger partial charge in [-0.2, -0.15) is 0 Å². The molecule has 0 nitrogen and oxygen atoms in total. The zero-order chi connectivity index (χ0) is 17.2. The molecule has 23 heavy (non-hydrogen) atoms. The highest BCUT2D eigenvalue weighted by Gasteiger charge is 2.38. The zero-order valence-corrected chi connectivity index (χ0v) is 17.2. The first kappa shape index (κ1) is 18.3.